The van der Waals surface area contributed by atoms with Gasteiger partial charge in [0.25, 0.3) is 0 Å². The maximum Gasteiger partial charge on any atom is 0.418 e. The first-order chi connectivity index (χ1) is 9.97. The lowest BCUT2D eigenvalue weighted by molar-refractivity contribution is -0.136. The normalized spacial score (nSPS) is 15.5. The molecule has 0 bridgehead atoms. The summed E-state index contributed by atoms with van der Waals surface area (Å²) < 4.78 is 43.5. The van der Waals surface area contributed by atoms with Crippen LogP contribution >= 0.6 is 0 Å². The zero-order valence-corrected chi connectivity index (χ0v) is 11.2. The van der Waals surface area contributed by atoms with E-state index in [1.165, 1.54) is 24.4 Å². The highest BCUT2D eigenvalue weighted by Gasteiger charge is 2.33. The fraction of sp³-hybridized carbons (Fsp3) is 0.357. The Balaban J connectivity index is 2.00. The molecule has 1 fully saturated rings. The molecule has 0 spiro atoms. The van der Waals surface area contributed by atoms with Gasteiger partial charge in [0.15, 0.2) is 0 Å². The molecule has 7 heteroatoms. The second kappa shape index (κ2) is 6.62. The van der Waals surface area contributed by atoms with E-state index in [9.17, 15) is 18.0 Å². The number of urea groups is 1. The topological polar surface area (TPSA) is 50.4 Å². The summed E-state index contributed by atoms with van der Waals surface area (Å²) in [5, 5.41) is 4.66. The number of rotatable bonds is 2. The SMILES string of the molecule is O=C(NC=C1CCOCC1)Nc1ccccc1C(F)(F)F. The van der Waals surface area contributed by atoms with Gasteiger partial charge in [0.05, 0.1) is 24.5 Å². The van der Waals surface area contributed by atoms with E-state index in [4.69, 9.17) is 4.74 Å². The number of benzene rings is 1. The molecule has 1 aliphatic heterocycles. The van der Waals surface area contributed by atoms with Crippen LogP contribution in [0.2, 0.25) is 0 Å². The zero-order chi connectivity index (χ0) is 15.3. The molecule has 0 aromatic heterocycles. The number of para-hydroxylation sites is 1. The van der Waals surface area contributed by atoms with E-state index in [1.807, 2.05) is 0 Å². The summed E-state index contributed by atoms with van der Waals surface area (Å²) in [5.41, 5.74) is -0.146. The second-order valence-corrected chi connectivity index (χ2v) is 4.56. The number of anilines is 1. The third-order valence-electron chi connectivity index (χ3n) is 3.02. The van der Waals surface area contributed by atoms with E-state index in [0.717, 1.165) is 11.6 Å². The Morgan fingerprint density at radius 2 is 1.86 bits per heavy atom. The van der Waals surface area contributed by atoms with Crippen LogP contribution in [0, 0.1) is 0 Å². The first kappa shape index (κ1) is 15.4. The van der Waals surface area contributed by atoms with E-state index in [0.29, 0.717) is 26.1 Å². The summed E-state index contributed by atoms with van der Waals surface area (Å²) >= 11 is 0. The first-order valence-electron chi connectivity index (χ1n) is 6.46. The van der Waals surface area contributed by atoms with E-state index in [-0.39, 0.29) is 5.69 Å². The molecule has 0 aliphatic carbocycles. The van der Waals surface area contributed by atoms with Gasteiger partial charge in [0, 0.05) is 6.20 Å². The monoisotopic (exact) mass is 300 g/mol. The van der Waals surface area contributed by atoms with Crippen LogP contribution in [0.1, 0.15) is 18.4 Å². The molecule has 0 atom stereocenters. The number of ether oxygens (including phenoxy) is 1. The number of hydrogen-bond acceptors (Lipinski definition) is 2. The lowest BCUT2D eigenvalue weighted by atomic mass is 10.1. The zero-order valence-electron chi connectivity index (χ0n) is 11.2. The van der Waals surface area contributed by atoms with Gasteiger partial charge in [0.2, 0.25) is 0 Å². The highest BCUT2D eigenvalue weighted by Crippen LogP contribution is 2.34. The van der Waals surface area contributed by atoms with E-state index in [2.05, 4.69) is 10.6 Å². The number of halogens is 3. The Morgan fingerprint density at radius 1 is 1.19 bits per heavy atom. The molecule has 114 valence electrons. The maximum absolute atomic E-state index is 12.8. The van der Waals surface area contributed by atoms with Gasteiger partial charge in [0.1, 0.15) is 0 Å². The number of amides is 2. The number of carbonyl (C=O) groups is 1. The molecule has 21 heavy (non-hydrogen) atoms. The van der Waals surface area contributed by atoms with Crippen molar-refractivity contribution in [3.8, 4) is 0 Å². The van der Waals surface area contributed by atoms with E-state index < -0.39 is 17.8 Å². The predicted molar refractivity (Wildman–Crippen MR) is 71.7 cm³/mol. The number of hydrogen-bond donors (Lipinski definition) is 2. The number of carbonyl (C=O) groups excluding carboxylic acids is 1. The van der Waals surface area contributed by atoms with Crippen LogP contribution in [0.15, 0.2) is 36.0 Å². The van der Waals surface area contributed by atoms with Gasteiger partial charge in [-0.1, -0.05) is 12.1 Å². The number of nitrogens with one attached hydrogen (secondary N) is 2. The fourth-order valence-electron chi connectivity index (χ4n) is 1.94. The minimum atomic E-state index is -4.51. The van der Waals surface area contributed by atoms with Crippen LogP contribution in [-0.4, -0.2) is 19.2 Å². The van der Waals surface area contributed by atoms with Crippen molar-refractivity contribution in [3.05, 3.63) is 41.6 Å². The lowest BCUT2D eigenvalue weighted by Crippen LogP contribution is -2.26. The minimum absolute atomic E-state index is 0.270. The smallest absolute Gasteiger partial charge is 0.381 e. The van der Waals surface area contributed by atoms with Crippen molar-refractivity contribution in [2.45, 2.75) is 19.0 Å². The summed E-state index contributed by atoms with van der Waals surface area (Å²) in [6.45, 7) is 1.18. The van der Waals surface area contributed by atoms with Crippen molar-refractivity contribution in [2.24, 2.45) is 0 Å². The lowest BCUT2D eigenvalue weighted by Gasteiger charge is -2.15. The molecular formula is C14H15F3N2O2. The Bertz CT molecular complexity index is 533. The second-order valence-electron chi connectivity index (χ2n) is 4.56. The van der Waals surface area contributed by atoms with Crippen molar-refractivity contribution in [2.75, 3.05) is 18.5 Å². The molecule has 0 saturated carbocycles. The van der Waals surface area contributed by atoms with Gasteiger partial charge >= 0.3 is 12.2 Å². The van der Waals surface area contributed by atoms with Crippen LogP contribution in [-0.2, 0) is 10.9 Å². The quantitative estimate of drug-likeness (QED) is 0.878. The molecule has 4 nitrogen and oxygen atoms in total. The molecule has 1 saturated heterocycles. The largest absolute Gasteiger partial charge is 0.418 e. The van der Waals surface area contributed by atoms with E-state index in [1.54, 1.807) is 0 Å². The third-order valence-corrected chi connectivity index (χ3v) is 3.02. The molecule has 2 amide bonds. The van der Waals surface area contributed by atoms with Gasteiger partial charge in [-0.3, -0.25) is 0 Å². The maximum atomic E-state index is 12.8. The summed E-state index contributed by atoms with van der Waals surface area (Å²) in [5.74, 6) is 0. The minimum Gasteiger partial charge on any atom is -0.381 e. The molecule has 1 aliphatic rings. The molecule has 2 N–H and O–H groups in total. The Labute approximate surface area is 120 Å². The van der Waals surface area contributed by atoms with Crippen molar-refractivity contribution in [3.63, 3.8) is 0 Å². The van der Waals surface area contributed by atoms with Crippen LogP contribution in [0.5, 0.6) is 0 Å². The van der Waals surface area contributed by atoms with Gasteiger partial charge in [-0.2, -0.15) is 13.2 Å². The highest BCUT2D eigenvalue weighted by molar-refractivity contribution is 5.90. The van der Waals surface area contributed by atoms with Gasteiger partial charge in [-0.15, -0.1) is 0 Å². The molecular weight excluding hydrogens is 285 g/mol. The van der Waals surface area contributed by atoms with Crippen LogP contribution in [0.25, 0.3) is 0 Å². The predicted octanol–water partition coefficient (Wildman–Crippen LogP) is 3.52. The molecule has 1 aromatic rings. The molecule has 2 rings (SSSR count). The van der Waals surface area contributed by atoms with Crippen molar-refractivity contribution in [1.82, 2.24) is 5.32 Å². The third kappa shape index (κ3) is 4.49. The van der Waals surface area contributed by atoms with Gasteiger partial charge in [-0.05, 0) is 30.5 Å². The van der Waals surface area contributed by atoms with Gasteiger partial charge < -0.3 is 15.4 Å². The fourth-order valence-corrected chi connectivity index (χ4v) is 1.94. The molecule has 0 radical (unpaired) electrons. The summed E-state index contributed by atoms with van der Waals surface area (Å²) in [7, 11) is 0. The Kier molecular flexibility index (Phi) is 4.85. The summed E-state index contributed by atoms with van der Waals surface area (Å²) in [4.78, 5) is 11.7. The molecule has 0 unspecified atom stereocenters. The first-order valence-corrected chi connectivity index (χ1v) is 6.46. The average molecular weight is 300 g/mol. The standard InChI is InChI=1S/C14H15F3N2O2/c15-14(16,17)11-3-1-2-4-12(11)19-13(20)18-9-10-5-7-21-8-6-10/h1-4,9H,5-8H2,(H2,18,19,20). The van der Waals surface area contributed by atoms with Crippen LogP contribution in [0.3, 0.4) is 0 Å². The Morgan fingerprint density at radius 3 is 2.52 bits per heavy atom. The van der Waals surface area contributed by atoms with Gasteiger partial charge in [-0.25, -0.2) is 4.79 Å². The number of alkyl halides is 3. The van der Waals surface area contributed by atoms with Crippen LogP contribution < -0.4 is 10.6 Å². The highest BCUT2D eigenvalue weighted by atomic mass is 19.4. The summed E-state index contributed by atoms with van der Waals surface area (Å²) in [6.07, 6.45) is -1.57. The van der Waals surface area contributed by atoms with Crippen molar-refractivity contribution >= 4 is 11.7 Å². The molecule has 1 heterocycles. The molecule has 1 aromatic carbocycles. The summed E-state index contributed by atoms with van der Waals surface area (Å²) in [6, 6.07) is 4.14. The Hall–Kier alpha value is -2.02. The van der Waals surface area contributed by atoms with Crippen molar-refractivity contribution in [1.29, 1.82) is 0 Å². The average Bonchev–Trinajstić information content (AvgIpc) is 2.46. The van der Waals surface area contributed by atoms with Crippen molar-refractivity contribution < 1.29 is 22.7 Å². The van der Waals surface area contributed by atoms with E-state index >= 15 is 0 Å². The van der Waals surface area contributed by atoms with Crippen LogP contribution in [0.4, 0.5) is 23.7 Å².